The number of benzene rings is 1. The third-order valence-electron chi connectivity index (χ3n) is 10.1. The molecule has 5 aliphatic rings. The minimum Gasteiger partial charge on any atom is -0.388 e. The number of hydrogen-bond donors (Lipinski definition) is 3. The molecule has 2 bridgehead atoms. The monoisotopic (exact) mass is 486 g/mol. The summed E-state index contributed by atoms with van der Waals surface area (Å²) in [7, 11) is 3.93. The van der Waals surface area contributed by atoms with Crippen molar-refractivity contribution in [2.75, 3.05) is 14.1 Å². The van der Waals surface area contributed by atoms with Crippen molar-refractivity contribution in [2.45, 2.75) is 68.5 Å². The molecule has 3 heterocycles. The molecule has 2 aliphatic heterocycles. The van der Waals surface area contributed by atoms with Crippen molar-refractivity contribution in [1.82, 2.24) is 9.88 Å². The van der Waals surface area contributed by atoms with Gasteiger partial charge in [0.1, 0.15) is 6.10 Å². The zero-order valence-corrected chi connectivity index (χ0v) is 21.1. The molecule has 1 aromatic heterocycles. The van der Waals surface area contributed by atoms with Gasteiger partial charge in [-0.15, -0.1) is 0 Å². The smallest absolute Gasteiger partial charge is 0.248 e. The standard InChI is InChI=1S/C30H34N2O4/c1-28-9-8-20-14-22-26(34)27(35)23(32(2)3)15-29(22)10-11-30(20,36-29)24(28)7-6-21(28)17-4-5-18-16-31-25(33)13-19(18)12-17/h4-6,8,12-14,16,23-24,26-27,34-35H,7,9-11,15H2,1-3H3,(H,31,33). The van der Waals surface area contributed by atoms with Gasteiger partial charge in [-0.05, 0) is 85.3 Å². The lowest BCUT2D eigenvalue weighted by atomic mass is 9.58. The summed E-state index contributed by atoms with van der Waals surface area (Å²) in [6, 6.07) is 7.94. The maximum Gasteiger partial charge on any atom is 0.248 e. The lowest BCUT2D eigenvalue weighted by Gasteiger charge is -2.55. The molecule has 7 rings (SSSR count). The van der Waals surface area contributed by atoms with Gasteiger partial charge in [0.05, 0.1) is 17.3 Å². The van der Waals surface area contributed by atoms with E-state index in [0.29, 0.717) is 12.3 Å². The van der Waals surface area contributed by atoms with E-state index in [1.807, 2.05) is 19.0 Å². The first-order valence-corrected chi connectivity index (χ1v) is 13.2. The van der Waals surface area contributed by atoms with Crippen molar-refractivity contribution in [2.24, 2.45) is 11.3 Å². The van der Waals surface area contributed by atoms with Crippen LogP contribution in [-0.2, 0) is 4.74 Å². The molecule has 3 aliphatic carbocycles. The number of nitrogens with one attached hydrogen (secondary N) is 1. The van der Waals surface area contributed by atoms with Crippen molar-refractivity contribution in [3.8, 4) is 0 Å². The van der Waals surface area contributed by atoms with E-state index in [2.05, 4.69) is 48.3 Å². The topological polar surface area (TPSA) is 85.8 Å². The molecule has 6 nitrogen and oxygen atoms in total. The number of rotatable bonds is 2. The van der Waals surface area contributed by atoms with E-state index in [9.17, 15) is 15.0 Å². The lowest BCUT2D eigenvalue weighted by Crippen LogP contribution is -2.61. The van der Waals surface area contributed by atoms with E-state index in [1.54, 1.807) is 12.3 Å². The van der Waals surface area contributed by atoms with E-state index in [1.165, 1.54) is 16.7 Å². The fraction of sp³-hybridized carbons (Fsp3) is 0.500. The molecule has 188 valence electrons. The van der Waals surface area contributed by atoms with Gasteiger partial charge in [-0.2, -0.15) is 0 Å². The lowest BCUT2D eigenvalue weighted by molar-refractivity contribution is -0.161. The molecule has 0 radical (unpaired) electrons. The van der Waals surface area contributed by atoms with Crippen LogP contribution < -0.4 is 5.56 Å². The summed E-state index contributed by atoms with van der Waals surface area (Å²) in [5.74, 6) is 0.300. The molecule has 2 fully saturated rings. The van der Waals surface area contributed by atoms with Crippen LogP contribution in [0.5, 0.6) is 0 Å². The number of H-pyrrole nitrogens is 1. The minimum absolute atomic E-state index is 0.0804. The number of nitrogens with zero attached hydrogens (tertiary/aromatic N) is 1. The van der Waals surface area contributed by atoms with E-state index < -0.39 is 17.8 Å². The highest BCUT2D eigenvalue weighted by Crippen LogP contribution is 2.67. The second-order valence-corrected chi connectivity index (χ2v) is 12.1. The summed E-state index contributed by atoms with van der Waals surface area (Å²) in [4.78, 5) is 16.7. The number of aliphatic hydroxyl groups is 2. The third-order valence-corrected chi connectivity index (χ3v) is 10.1. The molecular formula is C30H34N2O4. The van der Waals surface area contributed by atoms with Gasteiger partial charge in [0.25, 0.3) is 0 Å². The molecule has 7 unspecified atom stereocenters. The largest absolute Gasteiger partial charge is 0.388 e. The van der Waals surface area contributed by atoms with Gasteiger partial charge < -0.3 is 24.8 Å². The average molecular weight is 487 g/mol. The molecule has 0 amide bonds. The van der Waals surface area contributed by atoms with Crippen LogP contribution in [0.25, 0.3) is 16.3 Å². The molecule has 3 N–H and O–H groups in total. The fourth-order valence-electron chi connectivity index (χ4n) is 8.28. The Kier molecular flexibility index (Phi) is 4.59. The average Bonchev–Trinajstić information content (AvgIpc) is 3.36. The fourth-order valence-corrected chi connectivity index (χ4v) is 8.28. The molecule has 1 saturated carbocycles. The summed E-state index contributed by atoms with van der Waals surface area (Å²) < 4.78 is 7.22. The van der Waals surface area contributed by atoms with Crippen molar-refractivity contribution in [3.05, 3.63) is 75.8 Å². The normalized spacial score (nSPS) is 40.9. The van der Waals surface area contributed by atoms with E-state index in [0.717, 1.165) is 42.0 Å². The summed E-state index contributed by atoms with van der Waals surface area (Å²) >= 11 is 0. The number of aromatic amines is 1. The van der Waals surface area contributed by atoms with Gasteiger partial charge in [0.2, 0.25) is 5.56 Å². The molecule has 2 aromatic rings. The van der Waals surface area contributed by atoms with Crippen LogP contribution in [0.2, 0.25) is 0 Å². The molecule has 2 spiro atoms. The highest BCUT2D eigenvalue weighted by molar-refractivity contribution is 5.87. The molecule has 6 heteroatoms. The number of likely N-dealkylation sites (N-methyl/N-ethyl adjacent to an activating group) is 1. The number of hydrogen-bond acceptors (Lipinski definition) is 5. The maximum atomic E-state index is 11.9. The number of aliphatic hydroxyl groups excluding tert-OH is 2. The number of ether oxygens (including phenoxy) is 1. The second kappa shape index (κ2) is 7.29. The van der Waals surface area contributed by atoms with E-state index >= 15 is 0 Å². The van der Waals surface area contributed by atoms with Gasteiger partial charge in [-0.1, -0.05) is 37.3 Å². The summed E-state index contributed by atoms with van der Waals surface area (Å²) in [5, 5.41) is 24.0. The Morgan fingerprint density at radius 1 is 1.11 bits per heavy atom. The highest BCUT2D eigenvalue weighted by atomic mass is 16.5. The zero-order chi connectivity index (χ0) is 25.0. The first-order chi connectivity index (χ1) is 17.2. The van der Waals surface area contributed by atoms with Crippen molar-refractivity contribution < 1.29 is 14.9 Å². The first-order valence-electron chi connectivity index (χ1n) is 13.2. The van der Waals surface area contributed by atoms with Crippen LogP contribution in [-0.4, -0.2) is 63.6 Å². The minimum atomic E-state index is -0.908. The number of pyridine rings is 1. The van der Waals surface area contributed by atoms with E-state index in [4.69, 9.17) is 4.74 Å². The van der Waals surface area contributed by atoms with Gasteiger partial charge in [-0.25, -0.2) is 0 Å². The van der Waals surface area contributed by atoms with Crippen molar-refractivity contribution in [3.63, 3.8) is 0 Å². The second-order valence-electron chi connectivity index (χ2n) is 12.1. The maximum absolute atomic E-state index is 11.9. The molecule has 7 atom stereocenters. The Bertz CT molecular complexity index is 1440. The van der Waals surface area contributed by atoms with Gasteiger partial charge in [0.15, 0.2) is 0 Å². The van der Waals surface area contributed by atoms with Crippen LogP contribution in [0.3, 0.4) is 0 Å². The predicted molar refractivity (Wildman–Crippen MR) is 139 cm³/mol. The van der Waals surface area contributed by atoms with Crippen LogP contribution in [0, 0.1) is 11.3 Å². The molecule has 1 aromatic carbocycles. The highest BCUT2D eigenvalue weighted by Gasteiger charge is 2.67. The third kappa shape index (κ3) is 2.79. The summed E-state index contributed by atoms with van der Waals surface area (Å²) in [5.41, 5.74) is 3.50. The quantitative estimate of drug-likeness (QED) is 0.605. The predicted octanol–water partition coefficient (Wildman–Crippen LogP) is 3.55. The summed E-state index contributed by atoms with van der Waals surface area (Å²) in [6.45, 7) is 2.37. The van der Waals surface area contributed by atoms with Crippen LogP contribution in [0.4, 0.5) is 0 Å². The summed E-state index contributed by atoms with van der Waals surface area (Å²) in [6.07, 6.45) is 11.3. The molecule has 36 heavy (non-hydrogen) atoms. The van der Waals surface area contributed by atoms with Gasteiger partial charge in [0, 0.05) is 29.6 Å². The Hall–Kier alpha value is -2.51. The number of allylic oxidation sites excluding steroid dienone is 3. The van der Waals surface area contributed by atoms with E-state index in [-0.39, 0.29) is 22.6 Å². The van der Waals surface area contributed by atoms with Crippen LogP contribution in [0.15, 0.2) is 64.6 Å². The van der Waals surface area contributed by atoms with Crippen molar-refractivity contribution >= 4 is 16.3 Å². The first kappa shape index (κ1) is 22.7. The van der Waals surface area contributed by atoms with Crippen LogP contribution >= 0.6 is 0 Å². The van der Waals surface area contributed by atoms with Crippen molar-refractivity contribution in [1.29, 1.82) is 0 Å². The number of aromatic nitrogens is 1. The Morgan fingerprint density at radius 2 is 1.94 bits per heavy atom. The SMILES string of the molecule is CN(C)C1CC23CCC4(O2)C(=CCC2(C)C(c5ccc6c[nH]c(=O)cc6c5)=CCC24)C=C3C(O)C1O. The molecular weight excluding hydrogens is 452 g/mol. The van der Waals surface area contributed by atoms with Crippen LogP contribution in [0.1, 0.15) is 44.6 Å². The van der Waals surface area contributed by atoms with Gasteiger partial charge >= 0.3 is 0 Å². The zero-order valence-electron chi connectivity index (χ0n) is 21.1. The number of fused-ring (bicyclic) bond motifs is 2. The Balaban J connectivity index is 1.30. The Labute approximate surface area is 211 Å². The molecule has 1 saturated heterocycles. The Morgan fingerprint density at radius 3 is 2.75 bits per heavy atom. The van der Waals surface area contributed by atoms with Gasteiger partial charge in [-0.3, -0.25) is 4.79 Å².